The Bertz CT molecular complexity index is 988. The second-order valence-electron chi connectivity index (χ2n) is 9.28. The number of aliphatic imine (C=N–C) groups is 1. The third-order valence-electron chi connectivity index (χ3n) is 6.55. The van der Waals surface area contributed by atoms with Crippen molar-refractivity contribution in [2.24, 2.45) is 10.9 Å². The third-order valence-corrected chi connectivity index (χ3v) is 6.84. The number of likely N-dealkylation sites (tertiary alicyclic amines) is 1. The largest absolute Gasteiger partial charge is 0.376 e. The SMILES string of the molecule is C=CCCN(CCC)c1ccc(-c2nc(/N=C/CC3CCN(C(=C)C)CC3)c(C)cc2Cl)cc1. The Balaban J connectivity index is 1.71. The second kappa shape index (κ2) is 12.8. The molecule has 0 N–H and O–H groups in total. The molecular weight excluding hydrogens is 440 g/mol. The number of piperidine rings is 1. The summed E-state index contributed by atoms with van der Waals surface area (Å²) in [5, 5.41) is 0.661. The molecule has 0 spiro atoms. The van der Waals surface area contributed by atoms with Crippen LogP contribution in [0.4, 0.5) is 11.5 Å². The van der Waals surface area contributed by atoms with Gasteiger partial charge in [-0.2, -0.15) is 0 Å². The van der Waals surface area contributed by atoms with Crippen LogP contribution in [0, 0.1) is 12.8 Å². The fourth-order valence-corrected chi connectivity index (χ4v) is 4.77. The van der Waals surface area contributed by atoms with Gasteiger partial charge in [0.1, 0.15) is 0 Å². The Morgan fingerprint density at radius 3 is 2.56 bits per heavy atom. The molecular formula is C29H39ClN4. The van der Waals surface area contributed by atoms with Crippen molar-refractivity contribution >= 4 is 29.3 Å². The van der Waals surface area contributed by atoms with Gasteiger partial charge in [-0.1, -0.05) is 43.3 Å². The first-order valence-corrected chi connectivity index (χ1v) is 12.9. The van der Waals surface area contributed by atoms with E-state index in [4.69, 9.17) is 21.6 Å². The second-order valence-corrected chi connectivity index (χ2v) is 9.69. The van der Waals surface area contributed by atoms with Gasteiger partial charge in [0.2, 0.25) is 0 Å². The van der Waals surface area contributed by atoms with Crippen molar-refractivity contribution in [2.75, 3.05) is 31.1 Å². The van der Waals surface area contributed by atoms with Gasteiger partial charge < -0.3 is 9.80 Å². The van der Waals surface area contributed by atoms with E-state index in [0.717, 1.165) is 68.1 Å². The van der Waals surface area contributed by atoms with E-state index in [0.29, 0.717) is 10.9 Å². The summed E-state index contributed by atoms with van der Waals surface area (Å²) in [6.07, 6.45) is 9.45. The van der Waals surface area contributed by atoms with Crippen molar-refractivity contribution in [3.63, 3.8) is 0 Å². The average molecular weight is 479 g/mol. The van der Waals surface area contributed by atoms with Crippen LogP contribution in [0.1, 0.15) is 51.5 Å². The summed E-state index contributed by atoms with van der Waals surface area (Å²) in [6, 6.07) is 10.5. The third kappa shape index (κ3) is 6.96. The molecule has 1 aromatic heterocycles. The predicted molar refractivity (Wildman–Crippen MR) is 149 cm³/mol. The minimum absolute atomic E-state index is 0.661. The summed E-state index contributed by atoms with van der Waals surface area (Å²) in [5.74, 6) is 1.42. The van der Waals surface area contributed by atoms with Crippen LogP contribution in [0.3, 0.4) is 0 Å². The molecule has 0 amide bonds. The molecule has 1 aromatic carbocycles. The molecule has 1 fully saturated rings. The van der Waals surface area contributed by atoms with Gasteiger partial charge in [0, 0.05) is 49.3 Å². The van der Waals surface area contributed by atoms with Crippen molar-refractivity contribution in [3.05, 3.63) is 65.8 Å². The van der Waals surface area contributed by atoms with Gasteiger partial charge in [0.25, 0.3) is 0 Å². The molecule has 2 heterocycles. The summed E-state index contributed by atoms with van der Waals surface area (Å²) in [4.78, 5) is 14.4. The van der Waals surface area contributed by atoms with Crippen LogP contribution < -0.4 is 4.90 Å². The summed E-state index contributed by atoms with van der Waals surface area (Å²) >= 11 is 6.60. The van der Waals surface area contributed by atoms with Crippen molar-refractivity contribution in [3.8, 4) is 11.3 Å². The first-order valence-electron chi connectivity index (χ1n) is 12.5. The molecule has 0 saturated carbocycles. The fraction of sp³-hybridized carbons (Fsp3) is 0.448. The van der Waals surface area contributed by atoms with Crippen LogP contribution >= 0.6 is 11.6 Å². The summed E-state index contributed by atoms with van der Waals surface area (Å²) < 4.78 is 0. The average Bonchev–Trinajstić information content (AvgIpc) is 2.83. The molecule has 182 valence electrons. The topological polar surface area (TPSA) is 31.7 Å². The molecule has 0 atom stereocenters. The Kier molecular flexibility index (Phi) is 9.76. The molecule has 0 radical (unpaired) electrons. The lowest BCUT2D eigenvalue weighted by Crippen LogP contribution is -2.32. The lowest BCUT2D eigenvalue weighted by atomic mass is 9.94. The van der Waals surface area contributed by atoms with Gasteiger partial charge >= 0.3 is 0 Å². The van der Waals surface area contributed by atoms with Crippen LogP contribution in [0.25, 0.3) is 11.3 Å². The van der Waals surface area contributed by atoms with Crippen LogP contribution in [-0.2, 0) is 0 Å². The standard InChI is InChI=1S/C29H39ClN4/c1-6-8-18-34(17-7-2)26-11-9-25(10-12-26)28-27(30)21-23(5)29(32-28)31-16-13-24-14-19-33(20-15-24)22(3)4/h6,9-12,16,21,24H,1,3,7-8,13-15,17-20H2,2,4-5H3/b31-16+. The molecule has 0 aliphatic carbocycles. The van der Waals surface area contributed by atoms with Crippen molar-refractivity contribution in [2.45, 2.75) is 52.9 Å². The predicted octanol–water partition coefficient (Wildman–Crippen LogP) is 7.84. The summed E-state index contributed by atoms with van der Waals surface area (Å²) in [7, 11) is 0. The Labute approximate surface area is 211 Å². The zero-order valence-electron chi connectivity index (χ0n) is 21.1. The number of aromatic nitrogens is 1. The molecule has 2 aromatic rings. The molecule has 1 aliphatic rings. The Hall–Kier alpha value is -2.59. The normalized spacial score (nSPS) is 14.5. The number of anilines is 1. The summed E-state index contributed by atoms with van der Waals surface area (Å²) in [5.41, 5.74) is 5.18. The maximum absolute atomic E-state index is 6.60. The van der Waals surface area contributed by atoms with E-state index >= 15 is 0 Å². The van der Waals surface area contributed by atoms with Crippen LogP contribution in [0.5, 0.6) is 0 Å². The number of allylic oxidation sites excluding steroid dienone is 1. The van der Waals surface area contributed by atoms with Gasteiger partial charge in [-0.05, 0) is 75.6 Å². The van der Waals surface area contributed by atoms with E-state index in [1.54, 1.807) is 0 Å². The molecule has 0 unspecified atom stereocenters. The van der Waals surface area contributed by atoms with E-state index in [-0.39, 0.29) is 0 Å². The number of nitrogens with zero attached hydrogens (tertiary/aromatic N) is 4. The van der Waals surface area contributed by atoms with E-state index < -0.39 is 0 Å². The zero-order chi connectivity index (χ0) is 24.5. The summed E-state index contributed by atoms with van der Waals surface area (Å²) in [6.45, 7) is 18.4. The highest BCUT2D eigenvalue weighted by Gasteiger charge is 2.18. The van der Waals surface area contributed by atoms with E-state index in [2.05, 4.69) is 61.1 Å². The number of benzene rings is 1. The quantitative estimate of drug-likeness (QED) is 0.243. The first-order chi connectivity index (χ1) is 16.4. The highest BCUT2D eigenvalue weighted by Crippen LogP contribution is 2.32. The minimum Gasteiger partial charge on any atom is -0.376 e. The molecule has 4 nitrogen and oxygen atoms in total. The lowest BCUT2D eigenvalue weighted by Gasteiger charge is -2.33. The van der Waals surface area contributed by atoms with E-state index in [1.807, 2.05) is 25.3 Å². The molecule has 3 rings (SSSR count). The van der Waals surface area contributed by atoms with Crippen molar-refractivity contribution in [1.29, 1.82) is 0 Å². The van der Waals surface area contributed by atoms with Gasteiger partial charge in [-0.3, -0.25) is 0 Å². The molecule has 0 bridgehead atoms. The number of halogens is 1. The number of hydrogen-bond acceptors (Lipinski definition) is 4. The van der Waals surface area contributed by atoms with Crippen molar-refractivity contribution in [1.82, 2.24) is 9.88 Å². The van der Waals surface area contributed by atoms with Crippen LogP contribution in [-0.4, -0.2) is 42.3 Å². The lowest BCUT2D eigenvalue weighted by molar-refractivity contribution is 0.232. The zero-order valence-corrected chi connectivity index (χ0v) is 21.8. The Morgan fingerprint density at radius 1 is 1.24 bits per heavy atom. The maximum atomic E-state index is 6.60. The number of pyridine rings is 1. The number of aryl methyl sites for hydroxylation is 1. The monoisotopic (exact) mass is 478 g/mol. The highest BCUT2D eigenvalue weighted by molar-refractivity contribution is 6.33. The van der Waals surface area contributed by atoms with E-state index in [1.165, 1.54) is 24.2 Å². The van der Waals surface area contributed by atoms with Crippen LogP contribution in [0.2, 0.25) is 5.02 Å². The number of hydrogen-bond donors (Lipinski definition) is 0. The molecule has 1 saturated heterocycles. The van der Waals surface area contributed by atoms with Gasteiger partial charge in [-0.25, -0.2) is 9.98 Å². The van der Waals surface area contributed by atoms with Gasteiger partial charge in [0.05, 0.1) is 10.7 Å². The molecule has 5 heteroatoms. The maximum Gasteiger partial charge on any atom is 0.155 e. The van der Waals surface area contributed by atoms with Gasteiger partial charge in [0.15, 0.2) is 5.82 Å². The smallest absolute Gasteiger partial charge is 0.155 e. The van der Waals surface area contributed by atoms with E-state index in [9.17, 15) is 0 Å². The van der Waals surface area contributed by atoms with Crippen molar-refractivity contribution < 1.29 is 0 Å². The fourth-order valence-electron chi connectivity index (χ4n) is 4.46. The molecule has 1 aliphatic heterocycles. The number of rotatable bonds is 11. The Morgan fingerprint density at radius 2 is 1.94 bits per heavy atom. The highest BCUT2D eigenvalue weighted by atomic mass is 35.5. The van der Waals surface area contributed by atoms with Crippen LogP contribution in [0.15, 0.2) is 60.3 Å². The minimum atomic E-state index is 0.661. The van der Waals surface area contributed by atoms with Gasteiger partial charge in [-0.15, -0.1) is 6.58 Å². The first kappa shape index (κ1) is 26.0. The molecule has 34 heavy (non-hydrogen) atoms.